The Bertz CT molecular complexity index is 514. The summed E-state index contributed by atoms with van der Waals surface area (Å²) in [4.78, 5) is 24.7. The lowest BCUT2D eigenvalue weighted by atomic mass is 10.1. The van der Waals surface area contributed by atoms with E-state index >= 15 is 0 Å². The van der Waals surface area contributed by atoms with Crippen LogP contribution in [0.15, 0.2) is 18.2 Å². The van der Waals surface area contributed by atoms with Crippen molar-refractivity contribution in [3.63, 3.8) is 0 Å². The highest BCUT2D eigenvalue weighted by Gasteiger charge is 2.20. The Morgan fingerprint density at radius 2 is 2.20 bits per heavy atom. The minimum absolute atomic E-state index is 0.0181. The molecule has 1 saturated heterocycles. The first kappa shape index (κ1) is 14.6. The number of hydrogen-bond donors (Lipinski definition) is 1. The van der Waals surface area contributed by atoms with Crippen molar-refractivity contribution in [3.05, 3.63) is 33.9 Å². The van der Waals surface area contributed by atoms with Crippen LogP contribution in [-0.2, 0) is 0 Å². The molecule has 1 aromatic rings. The van der Waals surface area contributed by atoms with Gasteiger partial charge in [-0.2, -0.15) is 11.8 Å². The zero-order chi connectivity index (χ0) is 14.5. The van der Waals surface area contributed by atoms with E-state index in [-0.39, 0.29) is 11.6 Å². The lowest BCUT2D eigenvalue weighted by Crippen LogP contribution is -2.32. The van der Waals surface area contributed by atoms with Crippen molar-refractivity contribution in [2.24, 2.45) is 0 Å². The molecule has 1 N–H and O–H groups in total. The number of carbonyl (C=O) groups is 1. The molecule has 1 aliphatic rings. The van der Waals surface area contributed by atoms with Gasteiger partial charge in [-0.3, -0.25) is 14.9 Å². The molecule has 1 aliphatic heterocycles. The lowest BCUT2D eigenvalue weighted by molar-refractivity contribution is -0.383. The summed E-state index contributed by atoms with van der Waals surface area (Å²) in [6, 6.07) is 4.46. The van der Waals surface area contributed by atoms with Gasteiger partial charge in [0.1, 0.15) is 5.69 Å². The average Bonchev–Trinajstić information content (AvgIpc) is 2.74. The van der Waals surface area contributed by atoms with Gasteiger partial charge in [0.25, 0.3) is 11.6 Å². The molecule has 1 fully saturated rings. The van der Waals surface area contributed by atoms with Gasteiger partial charge in [0.2, 0.25) is 0 Å². The van der Waals surface area contributed by atoms with E-state index < -0.39 is 4.92 Å². The van der Waals surface area contributed by atoms with Crippen LogP contribution in [0.25, 0.3) is 0 Å². The highest BCUT2D eigenvalue weighted by Crippen LogP contribution is 2.25. The Morgan fingerprint density at radius 3 is 2.90 bits per heavy atom. The summed E-state index contributed by atoms with van der Waals surface area (Å²) in [6.45, 7) is 1.48. The first-order valence-electron chi connectivity index (χ1n) is 6.46. The van der Waals surface area contributed by atoms with Crippen LogP contribution in [0.3, 0.4) is 0 Å². The SMILES string of the molecule is CNc1cc(C(=O)N2CCCSCC2)ccc1[N+](=O)[O-]. The number of hydrogen-bond acceptors (Lipinski definition) is 5. The number of benzene rings is 1. The van der Waals surface area contributed by atoms with Crippen LogP contribution in [0, 0.1) is 10.1 Å². The summed E-state index contributed by atoms with van der Waals surface area (Å²) in [5, 5.41) is 13.6. The molecule has 0 radical (unpaired) electrons. The van der Waals surface area contributed by atoms with E-state index in [0.29, 0.717) is 11.3 Å². The van der Waals surface area contributed by atoms with E-state index in [4.69, 9.17) is 0 Å². The molecule has 7 heteroatoms. The van der Waals surface area contributed by atoms with Crippen molar-refractivity contribution >= 4 is 29.0 Å². The second-order valence-electron chi connectivity index (χ2n) is 4.50. The number of anilines is 1. The molecule has 1 aromatic carbocycles. The zero-order valence-corrected chi connectivity index (χ0v) is 12.1. The predicted octanol–water partition coefficient (Wildman–Crippen LogP) is 2.22. The molecule has 1 amide bonds. The maximum Gasteiger partial charge on any atom is 0.292 e. The quantitative estimate of drug-likeness (QED) is 0.683. The highest BCUT2D eigenvalue weighted by atomic mass is 32.2. The summed E-state index contributed by atoms with van der Waals surface area (Å²) in [5.41, 5.74) is 0.840. The number of nitrogens with one attached hydrogen (secondary N) is 1. The molecule has 2 rings (SSSR count). The van der Waals surface area contributed by atoms with E-state index in [9.17, 15) is 14.9 Å². The van der Waals surface area contributed by atoms with Gasteiger partial charge < -0.3 is 10.2 Å². The molecular weight excluding hydrogens is 278 g/mol. The molecule has 0 aliphatic carbocycles. The Kier molecular flexibility index (Phi) is 4.84. The predicted molar refractivity (Wildman–Crippen MR) is 80.5 cm³/mol. The number of rotatable bonds is 3. The van der Waals surface area contributed by atoms with Gasteiger partial charge in [-0.1, -0.05) is 0 Å². The van der Waals surface area contributed by atoms with Crippen LogP contribution in [0.4, 0.5) is 11.4 Å². The Morgan fingerprint density at radius 1 is 1.40 bits per heavy atom. The molecular formula is C13H17N3O3S. The number of thioether (sulfide) groups is 1. The van der Waals surface area contributed by atoms with Crippen molar-refractivity contribution in [1.29, 1.82) is 0 Å². The smallest absolute Gasteiger partial charge is 0.292 e. The Balaban J connectivity index is 2.23. The third kappa shape index (κ3) is 3.22. The van der Waals surface area contributed by atoms with Gasteiger partial charge in [-0.05, 0) is 24.3 Å². The minimum atomic E-state index is -0.456. The average molecular weight is 295 g/mol. The maximum atomic E-state index is 12.4. The lowest BCUT2D eigenvalue weighted by Gasteiger charge is -2.20. The standard InChI is InChI=1S/C13H17N3O3S/c1-14-11-9-10(3-4-12(11)16(18)19)13(17)15-5-2-7-20-8-6-15/h3-4,9,14H,2,5-8H2,1H3. The van der Waals surface area contributed by atoms with Crippen molar-refractivity contribution in [2.75, 3.05) is 37.0 Å². The van der Waals surface area contributed by atoms with Crippen LogP contribution in [0.1, 0.15) is 16.8 Å². The first-order chi connectivity index (χ1) is 9.63. The molecule has 0 bridgehead atoms. The number of carbonyl (C=O) groups excluding carboxylic acids is 1. The van der Waals surface area contributed by atoms with Gasteiger partial charge in [0, 0.05) is 37.5 Å². The third-order valence-electron chi connectivity index (χ3n) is 3.22. The number of nitro benzene ring substituents is 1. The number of nitrogens with zero attached hydrogens (tertiary/aromatic N) is 2. The van der Waals surface area contributed by atoms with Crippen molar-refractivity contribution in [3.8, 4) is 0 Å². The van der Waals surface area contributed by atoms with Crippen LogP contribution in [0.2, 0.25) is 0 Å². The van der Waals surface area contributed by atoms with E-state index in [1.54, 1.807) is 13.1 Å². The molecule has 108 valence electrons. The van der Waals surface area contributed by atoms with Gasteiger partial charge >= 0.3 is 0 Å². The molecule has 0 spiro atoms. The van der Waals surface area contributed by atoms with Gasteiger partial charge in [-0.15, -0.1) is 0 Å². The highest BCUT2D eigenvalue weighted by molar-refractivity contribution is 7.99. The fourth-order valence-electron chi connectivity index (χ4n) is 2.16. The third-order valence-corrected chi connectivity index (χ3v) is 4.27. The van der Waals surface area contributed by atoms with Crippen LogP contribution >= 0.6 is 11.8 Å². The fourth-order valence-corrected chi connectivity index (χ4v) is 3.05. The zero-order valence-electron chi connectivity index (χ0n) is 11.3. The summed E-state index contributed by atoms with van der Waals surface area (Å²) in [5.74, 6) is 1.96. The summed E-state index contributed by atoms with van der Waals surface area (Å²) in [6.07, 6.45) is 0.988. The van der Waals surface area contributed by atoms with Crippen molar-refractivity contribution in [1.82, 2.24) is 4.90 Å². The van der Waals surface area contributed by atoms with Gasteiger partial charge in [-0.25, -0.2) is 0 Å². The largest absolute Gasteiger partial charge is 0.383 e. The maximum absolute atomic E-state index is 12.4. The van der Waals surface area contributed by atoms with Crippen LogP contribution in [0.5, 0.6) is 0 Å². The number of nitro groups is 1. The van der Waals surface area contributed by atoms with Gasteiger partial charge in [0.15, 0.2) is 0 Å². The molecule has 1 heterocycles. The molecule has 0 aromatic heterocycles. The molecule has 0 unspecified atom stereocenters. The molecule has 0 atom stereocenters. The van der Waals surface area contributed by atoms with Crippen molar-refractivity contribution < 1.29 is 9.72 Å². The van der Waals surface area contributed by atoms with E-state index in [1.165, 1.54) is 12.1 Å². The van der Waals surface area contributed by atoms with Crippen molar-refractivity contribution in [2.45, 2.75) is 6.42 Å². The number of amides is 1. The van der Waals surface area contributed by atoms with E-state index in [2.05, 4.69) is 5.32 Å². The summed E-state index contributed by atoms with van der Waals surface area (Å²) >= 11 is 1.85. The van der Waals surface area contributed by atoms with E-state index in [1.807, 2.05) is 16.7 Å². The fraction of sp³-hybridized carbons (Fsp3) is 0.462. The normalized spacial score (nSPS) is 15.6. The summed E-state index contributed by atoms with van der Waals surface area (Å²) in [7, 11) is 1.61. The second kappa shape index (κ2) is 6.60. The molecule has 6 nitrogen and oxygen atoms in total. The molecule has 20 heavy (non-hydrogen) atoms. The van der Waals surface area contributed by atoms with Crippen LogP contribution < -0.4 is 5.32 Å². The van der Waals surface area contributed by atoms with Gasteiger partial charge in [0.05, 0.1) is 4.92 Å². The topological polar surface area (TPSA) is 75.5 Å². The first-order valence-corrected chi connectivity index (χ1v) is 7.62. The monoisotopic (exact) mass is 295 g/mol. The summed E-state index contributed by atoms with van der Waals surface area (Å²) < 4.78 is 0. The minimum Gasteiger partial charge on any atom is -0.383 e. The van der Waals surface area contributed by atoms with Crippen LogP contribution in [-0.4, -0.2) is 47.4 Å². The second-order valence-corrected chi connectivity index (χ2v) is 5.72. The van der Waals surface area contributed by atoms with E-state index in [0.717, 1.165) is 31.0 Å². The Labute approximate surface area is 121 Å². The Hall–Kier alpha value is -1.76. The molecule has 0 saturated carbocycles.